The standard InChI is InChI=1S/C18H16F3NO4/c1-11-7-8-15(25-2)14(9-11)22-16(23)10-26-17(24)12-5-3-4-6-13(12)18(19,20)21/h3-9H,10H2,1-2H3,(H,22,23). The van der Waals surface area contributed by atoms with Crippen LogP contribution >= 0.6 is 0 Å². The fourth-order valence-corrected chi connectivity index (χ4v) is 2.22. The maximum absolute atomic E-state index is 12.9. The number of rotatable bonds is 5. The van der Waals surface area contributed by atoms with E-state index in [0.717, 1.165) is 23.8 Å². The fourth-order valence-electron chi connectivity index (χ4n) is 2.22. The van der Waals surface area contributed by atoms with E-state index in [2.05, 4.69) is 5.32 Å². The number of halogens is 3. The Balaban J connectivity index is 2.05. The number of amides is 1. The molecule has 2 aromatic carbocycles. The minimum atomic E-state index is -4.70. The normalized spacial score (nSPS) is 11.0. The van der Waals surface area contributed by atoms with E-state index in [1.54, 1.807) is 18.2 Å². The van der Waals surface area contributed by atoms with Crippen molar-refractivity contribution in [3.05, 3.63) is 59.2 Å². The molecule has 0 spiro atoms. The van der Waals surface area contributed by atoms with Crippen molar-refractivity contribution < 1.29 is 32.2 Å². The van der Waals surface area contributed by atoms with Crippen LogP contribution in [0.2, 0.25) is 0 Å². The number of benzene rings is 2. The van der Waals surface area contributed by atoms with Crippen LogP contribution in [0.4, 0.5) is 18.9 Å². The van der Waals surface area contributed by atoms with E-state index in [0.29, 0.717) is 11.4 Å². The summed E-state index contributed by atoms with van der Waals surface area (Å²) in [5.41, 5.74) is -0.548. The van der Waals surface area contributed by atoms with E-state index < -0.39 is 35.8 Å². The number of alkyl halides is 3. The number of aryl methyl sites for hydroxylation is 1. The Morgan fingerprint density at radius 3 is 2.46 bits per heavy atom. The monoisotopic (exact) mass is 367 g/mol. The van der Waals surface area contributed by atoms with Gasteiger partial charge in [0.25, 0.3) is 5.91 Å². The molecule has 0 heterocycles. The lowest BCUT2D eigenvalue weighted by molar-refractivity contribution is -0.138. The summed E-state index contributed by atoms with van der Waals surface area (Å²) in [6.45, 7) is 1.07. The molecule has 0 aliphatic carbocycles. The molecule has 8 heteroatoms. The van der Waals surface area contributed by atoms with Gasteiger partial charge in [0.1, 0.15) is 5.75 Å². The number of methoxy groups -OCH3 is 1. The number of ether oxygens (including phenoxy) is 2. The van der Waals surface area contributed by atoms with Crippen molar-refractivity contribution in [2.24, 2.45) is 0 Å². The molecule has 0 aliphatic heterocycles. The van der Waals surface area contributed by atoms with Crippen molar-refractivity contribution in [3.63, 3.8) is 0 Å². The summed E-state index contributed by atoms with van der Waals surface area (Å²) in [5, 5.41) is 2.49. The molecule has 5 nitrogen and oxygen atoms in total. The van der Waals surface area contributed by atoms with Crippen molar-refractivity contribution in [1.29, 1.82) is 0 Å². The van der Waals surface area contributed by atoms with Gasteiger partial charge in [-0.15, -0.1) is 0 Å². The Labute approximate surface area is 147 Å². The molecule has 0 fully saturated rings. The van der Waals surface area contributed by atoms with Crippen LogP contribution in [-0.4, -0.2) is 25.6 Å². The van der Waals surface area contributed by atoms with Crippen molar-refractivity contribution >= 4 is 17.6 Å². The van der Waals surface area contributed by atoms with E-state index in [-0.39, 0.29) is 0 Å². The first kappa shape index (κ1) is 19.3. The van der Waals surface area contributed by atoms with E-state index in [4.69, 9.17) is 9.47 Å². The molecule has 0 unspecified atom stereocenters. The van der Waals surface area contributed by atoms with Crippen molar-refractivity contribution in [2.45, 2.75) is 13.1 Å². The SMILES string of the molecule is COc1ccc(C)cc1NC(=O)COC(=O)c1ccccc1C(F)(F)F. The number of esters is 1. The molecule has 0 aliphatic rings. The first-order chi connectivity index (χ1) is 12.2. The molecule has 0 atom stereocenters. The molecule has 1 amide bonds. The molecule has 0 aromatic heterocycles. The van der Waals surface area contributed by atoms with E-state index in [1.165, 1.54) is 13.2 Å². The molecular weight excluding hydrogens is 351 g/mol. The highest BCUT2D eigenvalue weighted by atomic mass is 19.4. The predicted molar refractivity (Wildman–Crippen MR) is 88.1 cm³/mol. The maximum Gasteiger partial charge on any atom is 0.417 e. The average molecular weight is 367 g/mol. The second kappa shape index (κ2) is 7.90. The number of carbonyl (C=O) groups is 2. The second-order valence-corrected chi connectivity index (χ2v) is 5.37. The van der Waals surface area contributed by atoms with Crippen molar-refractivity contribution in [3.8, 4) is 5.75 Å². The first-order valence-electron chi connectivity index (χ1n) is 7.50. The smallest absolute Gasteiger partial charge is 0.417 e. The Bertz CT molecular complexity index is 818. The molecule has 0 saturated carbocycles. The Morgan fingerprint density at radius 1 is 1.12 bits per heavy atom. The highest BCUT2D eigenvalue weighted by molar-refractivity contribution is 5.97. The third-order valence-electron chi connectivity index (χ3n) is 3.42. The molecular formula is C18H16F3NO4. The van der Waals surface area contributed by atoms with E-state index >= 15 is 0 Å². The maximum atomic E-state index is 12.9. The first-order valence-corrected chi connectivity index (χ1v) is 7.50. The lowest BCUT2D eigenvalue weighted by Crippen LogP contribution is -2.22. The molecule has 138 valence electrons. The van der Waals surface area contributed by atoms with Crippen molar-refractivity contribution in [2.75, 3.05) is 19.0 Å². The van der Waals surface area contributed by atoms with Crippen LogP contribution in [0.25, 0.3) is 0 Å². The summed E-state index contributed by atoms with van der Waals surface area (Å²) >= 11 is 0. The summed E-state index contributed by atoms with van der Waals surface area (Å²) in [6.07, 6.45) is -4.70. The molecule has 2 rings (SSSR count). The molecule has 0 bridgehead atoms. The van der Waals surface area contributed by atoms with Gasteiger partial charge in [-0.2, -0.15) is 13.2 Å². The van der Waals surface area contributed by atoms with E-state index in [9.17, 15) is 22.8 Å². The van der Waals surface area contributed by atoms with Gasteiger partial charge >= 0.3 is 12.1 Å². The number of hydrogen-bond donors (Lipinski definition) is 1. The number of hydrogen-bond acceptors (Lipinski definition) is 4. The fraction of sp³-hybridized carbons (Fsp3) is 0.222. The molecule has 0 radical (unpaired) electrons. The quantitative estimate of drug-likeness (QED) is 0.816. The summed E-state index contributed by atoms with van der Waals surface area (Å²) in [6, 6.07) is 9.29. The lowest BCUT2D eigenvalue weighted by atomic mass is 10.1. The molecule has 1 N–H and O–H groups in total. The highest BCUT2D eigenvalue weighted by Crippen LogP contribution is 2.32. The zero-order chi connectivity index (χ0) is 19.3. The number of carbonyl (C=O) groups excluding carboxylic acids is 2. The largest absolute Gasteiger partial charge is 0.495 e. The van der Waals surface area contributed by atoms with Gasteiger partial charge in [-0.05, 0) is 36.8 Å². The minimum absolute atomic E-state index is 0.365. The third-order valence-corrected chi connectivity index (χ3v) is 3.42. The summed E-state index contributed by atoms with van der Waals surface area (Å²) in [4.78, 5) is 23.9. The summed E-state index contributed by atoms with van der Waals surface area (Å²) in [5.74, 6) is -1.53. The van der Waals surface area contributed by atoms with Gasteiger partial charge in [0, 0.05) is 0 Å². The zero-order valence-electron chi connectivity index (χ0n) is 14.0. The Kier molecular flexibility index (Phi) is 5.86. The van der Waals surface area contributed by atoms with Gasteiger partial charge in [0.15, 0.2) is 6.61 Å². The van der Waals surface area contributed by atoms with Crippen LogP contribution in [0.3, 0.4) is 0 Å². The van der Waals surface area contributed by atoms with E-state index in [1.807, 2.05) is 6.92 Å². The summed E-state index contributed by atoms with van der Waals surface area (Å²) < 4.78 is 48.6. The topological polar surface area (TPSA) is 64.6 Å². The number of anilines is 1. The molecule has 2 aromatic rings. The third kappa shape index (κ3) is 4.75. The average Bonchev–Trinajstić information content (AvgIpc) is 2.59. The minimum Gasteiger partial charge on any atom is -0.495 e. The molecule has 0 saturated heterocycles. The number of nitrogens with one attached hydrogen (secondary N) is 1. The van der Waals surface area contributed by atoms with Gasteiger partial charge < -0.3 is 14.8 Å². The van der Waals surface area contributed by atoms with Crippen LogP contribution in [-0.2, 0) is 15.7 Å². The Hall–Kier alpha value is -3.03. The molecule has 26 heavy (non-hydrogen) atoms. The van der Waals surface area contributed by atoms with Gasteiger partial charge in [0.05, 0.1) is 23.9 Å². The van der Waals surface area contributed by atoms with Gasteiger partial charge in [-0.3, -0.25) is 4.79 Å². The van der Waals surface area contributed by atoms with Crippen LogP contribution in [0.5, 0.6) is 5.75 Å². The van der Waals surface area contributed by atoms with Crippen molar-refractivity contribution in [1.82, 2.24) is 0 Å². The van der Waals surface area contributed by atoms with Crippen LogP contribution in [0.1, 0.15) is 21.5 Å². The highest BCUT2D eigenvalue weighted by Gasteiger charge is 2.35. The van der Waals surface area contributed by atoms with Gasteiger partial charge in [0.2, 0.25) is 0 Å². The predicted octanol–water partition coefficient (Wildman–Crippen LogP) is 3.82. The lowest BCUT2D eigenvalue weighted by Gasteiger charge is -2.13. The summed E-state index contributed by atoms with van der Waals surface area (Å²) in [7, 11) is 1.43. The van der Waals surface area contributed by atoms with Gasteiger partial charge in [-0.1, -0.05) is 18.2 Å². The zero-order valence-corrected chi connectivity index (χ0v) is 14.0. The Morgan fingerprint density at radius 2 is 1.81 bits per heavy atom. The van der Waals surface area contributed by atoms with Crippen LogP contribution in [0.15, 0.2) is 42.5 Å². The van der Waals surface area contributed by atoms with Gasteiger partial charge in [-0.25, -0.2) is 4.79 Å². The van der Waals surface area contributed by atoms with Crippen LogP contribution in [0, 0.1) is 6.92 Å². The second-order valence-electron chi connectivity index (χ2n) is 5.37. The van der Waals surface area contributed by atoms with Crippen LogP contribution < -0.4 is 10.1 Å².